The summed E-state index contributed by atoms with van der Waals surface area (Å²) in [6.45, 7) is 15.8. The van der Waals surface area contributed by atoms with Crippen molar-refractivity contribution in [2.45, 2.75) is 20.3 Å². The zero-order valence-electron chi connectivity index (χ0n) is 19.3. The molecule has 3 heteroatoms. The minimum atomic E-state index is -0.191. The number of rotatable bonds is 7. The van der Waals surface area contributed by atoms with Crippen LogP contribution < -0.4 is 4.74 Å². The molecule has 2 aromatic carbocycles. The van der Waals surface area contributed by atoms with Crippen LogP contribution in [-0.4, -0.2) is 16.8 Å². The lowest BCUT2D eigenvalue weighted by Crippen LogP contribution is -2.06. The highest BCUT2D eigenvalue weighted by atomic mass is 16.5. The van der Waals surface area contributed by atoms with Crippen molar-refractivity contribution < 1.29 is 14.9 Å². The predicted molar refractivity (Wildman–Crippen MR) is 139 cm³/mol. The average Bonchev–Trinajstić information content (AvgIpc) is 2.94. The van der Waals surface area contributed by atoms with E-state index in [0.717, 1.165) is 33.1 Å². The monoisotopic (exact) mass is 438 g/mol. The second-order valence-corrected chi connectivity index (χ2v) is 7.71. The molecular weight excluding hydrogens is 408 g/mol. The average molecular weight is 439 g/mol. The van der Waals surface area contributed by atoms with Crippen LogP contribution in [0.4, 0.5) is 0 Å². The Balaban J connectivity index is 2.30. The van der Waals surface area contributed by atoms with Crippen molar-refractivity contribution in [2.24, 2.45) is 0 Å². The van der Waals surface area contributed by atoms with Gasteiger partial charge in [-0.1, -0.05) is 86.5 Å². The zero-order valence-corrected chi connectivity index (χ0v) is 19.3. The van der Waals surface area contributed by atoms with E-state index in [1.807, 2.05) is 74.5 Å². The lowest BCUT2D eigenvalue weighted by Gasteiger charge is -2.21. The number of benzene rings is 2. The van der Waals surface area contributed by atoms with Crippen LogP contribution in [0.25, 0.3) is 16.3 Å². The van der Waals surface area contributed by atoms with E-state index in [9.17, 15) is 10.2 Å². The number of allylic oxidation sites excluding steroid dienone is 8. The molecule has 0 fully saturated rings. The summed E-state index contributed by atoms with van der Waals surface area (Å²) in [5.74, 6) is 0.385. The van der Waals surface area contributed by atoms with Crippen LogP contribution in [0.2, 0.25) is 0 Å². The SMILES string of the molecule is C=C/C=C\C(=C/C)COc1ccc2ccccc2c1C1=C(O)C(C(=C)O)=CCC(=C)/C1=C\C. The van der Waals surface area contributed by atoms with Gasteiger partial charge in [-0.25, -0.2) is 0 Å². The Morgan fingerprint density at radius 1 is 1.15 bits per heavy atom. The fourth-order valence-electron chi connectivity index (χ4n) is 3.94. The first-order valence-corrected chi connectivity index (χ1v) is 10.9. The van der Waals surface area contributed by atoms with E-state index in [1.54, 1.807) is 12.2 Å². The Bertz CT molecular complexity index is 1260. The molecule has 3 nitrogen and oxygen atoms in total. The highest BCUT2D eigenvalue weighted by Gasteiger charge is 2.26. The molecule has 2 N–H and O–H groups in total. The quantitative estimate of drug-likeness (QED) is 0.339. The van der Waals surface area contributed by atoms with Crippen molar-refractivity contribution in [3.8, 4) is 5.75 Å². The van der Waals surface area contributed by atoms with Crippen molar-refractivity contribution in [1.82, 2.24) is 0 Å². The minimum absolute atomic E-state index is 0.0479. The molecule has 33 heavy (non-hydrogen) atoms. The largest absolute Gasteiger partial charge is 0.508 e. The van der Waals surface area contributed by atoms with Crippen molar-refractivity contribution >= 4 is 16.3 Å². The molecule has 0 spiro atoms. The maximum atomic E-state index is 11.4. The maximum Gasteiger partial charge on any atom is 0.134 e. The predicted octanol–water partition coefficient (Wildman–Crippen LogP) is 8.08. The summed E-state index contributed by atoms with van der Waals surface area (Å²) in [5.41, 5.74) is 4.24. The van der Waals surface area contributed by atoms with Crippen molar-refractivity contribution in [2.75, 3.05) is 6.61 Å². The van der Waals surface area contributed by atoms with Crippen LogP contribution in [0, 0.1) is 0 Å². The van der Waals surface area contributed by atoms with Crippen LogP contribution in [0.5, 0.6) is 5.75 Å². The third kappa shape index (κ3) is 4.93. The number of hydrogen-bond acceptors (Lipinski definition) is 3. The lowest BCUT2D eigenvalue weighted by molar-refractivity contribution is 0.354. The fourth-order valence-corrected chi connectivity index (χ4v) is 3.94. The fraction of sp³-hybridized carbons (Fsp3) is 0.133. The van der Waals surface area contributed by atoms with Crippen LogP contribution >= 0.6 is 0 Å². The molecule has 0 bridgehead atoms. The van der Waals surface area contributed by atoms with E-state index >= 15 is 0 Å². The minimum Gasteiger partial charge on any atom is -0.508 e. The molecule has 1 aliphatic carbocycles. The summed E-state index contributed by atoms with van der Waals surface area (Å²) in [6.07, 6.45) is 11.7. The number of fused-ring (bicyclic) bond motifs is 1. The molecule has 1 aliphatic rings. The molecule has 0 saturated carbocycles. The standard InChI is InChI=1S/C30H30O3/c1-6-9-12-22(7-2)19-33-27-18-16-23-13-10-11-14-26(23)28(27)29-24(8-3)20(4)15-17-25(21(5)31)30(29)32/h6-14,16-18,31-32H,1,4-5,15,19H2,2-3H3/b12-9-,22-7+,24-8+. The summed E-state index contributed by atoms with van der Waals surface area (Å²) in [5, 5.41) is 23.5. The van der Waals surface area contributed by atoms with Crippen molar-refractivity contribution in [3.05, 3.63) is 132 Å². The number of aliphatic hydroxyl groups is 2. The molecule has 2 aromatic rings. The summed E-state index contributed by atoms with van der Waals surface area (Å²) in [4.78, 5) is 0. The Morgan fingerprint density at radius 3 is 2.58 bits per heavy atom. The Morgan fingerprint density at radius 2 is 1.91 bits per heavy atom. The van der Waals surface area contributed by atoms with Gasteiger partial charge in [-0.15, -0.1) is 0 Å². The highest BCUT2D eigenvalue weighted by Crippen LogP contribution is 2.44. The molecule has 0 saturated heterocycles. The summed E-state index contributed by atoms with van der Waals surface area (Å²) in [7, 11) is 0. The second-order valence-electron chi connectivity index (χ2n) is 7.71. The van der Waals surface area contributed by atoms with Crippen molar-refractivity contribution in [1.29, 1.82) is 0 Å². The van der Waals surface area contributed by atoms with Gasteiger partial charge in [0.05, 0.1) is 5.57 Å². The van der Waals surface area contributed by atoms with Crippen molar-refractivity contribution in [3.63, 3.8) is 0 Å². The van der Waals surface area contributed by atoms with Gasteiger partial charge in [0.1, 0.15) is 23.9 Å². The zero-order chi connectivity index (χ0) is 24.0. The van der Waals surface area contributed by atoms with E-state index in [1.165, 1.54) is 0 Å². The highest BCUT2D eigenvalue weighted by molar-refractivity contribution is 6.03. The second kappa shape index (κ2) is 10.6. The van der Waals surface area contributed by atoms with E-state index in [4.69, 9.17) is 4.74 Å². The Hall–Kier alpha value is -3.98. The van der Waals surface area contributed by atoms with E-state index in [2.05, 4.69) is 19.7 Å². The van der Waals surface area contributed by atoms with E-state index < -0.39 is 0 Å². The Kier molecular flexibility index (Phi) is 7.57. The number of aliphatic hydroxyl groups excluding tert-OH is 2. The van der Waals surface area contributed by atoms with Gasteiger partial charge < -0.3 is 14.9 Å². The topological polar surface area (TPSA) is 49.7 Å². The summed E-state index contributed by atoms with van der Waals surface area (Å²) >= 11 is 0. The van der Waals surface area contributed by atoms with Gasteiger partial charge in [0.25, 0.3) is 0 Å². The summed E-state index contributed by atoms with van der Waals surface area (Å²) in [6, 6.07) is 11.9. The van der Waals surface area contributed by atoms with Gasteiger partial charge in [0.2, 0.25) is 0 Å². The van der Waals surface area contributed by atoms with Crippen LogP contribution in [0.3, 0.4) is 0 Å². The first-order valence-electron chi connectivity index (χ1n) is 10.9. The third-order valence-corrected chi connectivity index (χ3v) is 5.65. The normalized spacial score (nSPS) is 16.3. The number of ether oxygens (including phenoxy) is 1. The summed E-state index contributed by atoms with van der Waals surface area (Å²) < 4.78 is 6.30. The third-order valence-electron chi connectivity index (χ3n) is 5.65. The molecular formula is C30H30O3. The molecule has 0 aromatic heterocycles. The van der Waals surface area contributed by atoms with Gasteiger partial charge in [0.15, 0.2) is 0 Å². The Labute approximate surface area is 196 Å². The van der Waals surface area contributed by atoms with Gasteiger partial charge in [0, 0.05) is 11.1 Å². The molecule has 3 rings (SSSR count). The van der Waals surface area contributed by atoms with Gasteiger partial charge in [-0.05, 0) is 53.8 Å². The van der Waals surface area contributed by atoms with Gasteiger partial charge in [-0.3, -0.25) is 0 Å². The lowest BCUT2D eigenvalue weighted by atomic mass is 9.87. The maximum absolute atomic E-state index is 11.4. The number of hydrogen-bond donors (Lipinski definition) is 2. The van der Waals surface area contributed by atoms with E-state index in [-0.39, 0.29) is 11.5 Å². The molecule has 0 aliphatic heterocycles. The molecule has 0 radical (unpaired) electrons. The van der Waals surface area contributed by atoms with E-state index in [0.29, 0.717) is 29.9 Å². The molecule has 168 valence electrons. The van der Waals surface area contributed by atoms with Gasteiger partial charge in [-0.2, -0.15) is 0 Å². The van der Waals surface area contributed by atoms with Gasteiger partial charge >= 0.3 is 0 Å². The first-order chi connectivity index (χ1) is 15.9. The van der Waals surface area contributed by atoms with Crippen LogP contribution in [-0.2, 0) is 0 Å². The molecule has 0 atom stereocenters. The molecule has 0 amide bonds. The smallest absolute Gasteiger partial charge is 0.134 e. The first kappa shape index (κ1) is 23.7. The molecule has 0 heterocycles. The van der Waals surface area contributed by atoms with Crippen LogP contribution in [0.15, 0.2) is 126 Å². The van der Waals surface area contributed by atoms with Crippen LogP contribution in [0.1, 0.15) is 25.8 Å². The molecule has 0 unspecified atom stereocenters.